The Bertz CT molecular complexity index is 475. The first-order valence-electron chi connectivity index (χ1n) is 7.19. The molecule has 0 spiro atoms. The second kappa shape index (κ2) is 7.28. The summed E-state index contributed by atoms with van der Waals surface area (Å²) in [7, 11) is 3.77. The molecule has 0 radical (unpaired) electrons. The first kappa shape index (κ1) is 14.8. The summed E-state index contributed by atoms with van der Waals surface area (Å²) in [5.74, 6) is 1.46. The number of nitrogens with zero attached hydrogens (tertiary/aromatic N) is 2. The van der Waals surface area contributed by atoms with Crippen LogP contribution >= 0.6 is 0 Å². The highest BCUT2D eigenvalue weighted by Gasteiger charge is 2.15. The van der Waals surface area contributed by atoms with Crippen LogP contribution in [0, 0.1) is 17.2 Å². The molecule has 0 atom stereocenters. The number of nitrogens with one attached hydrogen (secondary N) is 1. The summed E-state index contributed by atoms with van der Waals surface area (Å²) in [5, 5.41) is 12.4. The maximum Gasteiger partial charge on any atom is 0.136 e. The lowest BCUT2D eigenvalue weighted by atomic mass is 9.97. The van der Waals surface area contributed by atoms with Gasteiger partial charge < -0.3 is 15.0 Å². The molecule has 1 N–H and O–H groups in total. The van der Waals surface area contributed by atoms with Crippen molar-refractivity contribution in [1.29, 1.82) is 5.26 Å². The van der Waals surface area contributed by atoms with Gasteiger partial charge in [-0.1, -0.05) is 6.07 Å². The Morgan fingerprint density at radius 2 is 2.15 bits per heavy atom. The van der Waals surface area contributed by atoms with Crippen molar-refractivity contribution in [3.63, 3.8) is 0 Å². The number of benzene rings is 1. The van der Waals surface area contributed by atoms with Gasteiger partial charge in [-0.2, -0.15) is 5.26 Å². The van der Waals surface area contributed by atoms with Gasteiger partial charge in [0.1, 0.15) is 11.8 Å². The number of hydrogen-bond acceptors (Lipinski definition) is 4. The van der Waals surface area contributed by atoms with Crippen molar-refractivity contribution in [2.24, 2.45) is 5.92 Å². The van der Waals surface area contributed by atoms with Gasteiger partial charge in [0.2, 0.25) is 0 Å². The van der Waals surface area contributed by atoms with Crippen molar-refractivity contribution in [3.8, 4) is 11.8 Å². The predicted octanol–water partition coefficient (Wildman–Crippen LogP) is 2.00. The maximum atomic E-state index is 8.99. The molecular formula is C16H23N3O. The molecule has 1 aliphatic rings. The first-order chi connectivity index (χ1) is 9.72. The number of hydrogen-bond donors (Lipinski definition) is 1. The second-order valence-corrected chi connectivity index (χ2v) is 5.54. The summed E-state index contributed by atoms with van der Waals surface area (Å²) in [6.07, 6.45) is 2.53. The molecule has 1 saturated heterocycles. The molecule has 1 aromatic rings. The normalized spacial score (nSPS) is 16.1. The van der Waals surface area contributed by atoms with Crippen LogP contribution in [0.5, 0.6) is 5.75 Å². The van der Waals surface area contributed by atoms with Crippen molar-refractivity contribution >= 4 is 0 Å². The molecule has 0 aliphatic carbocycles. The monoisotopic (exact) mass is 273 g/mol. The average Bonchev–Trinajstić information content (AvgIpc) is 2.48. The molecule has 20 heavy (non-hydrogen) atoms. The standard InChI is InChI=1S/C16H23N3O/c1-19(11-13-5-7-18-8-6-13)12-14-3-4-15(10-17)16(9-14)20-2/h3-4,9,13,18H,5-8,11-12H2,1-2H3. The zero-order chi connectivity index (χ0) is 14.4. The lowest BCUT2D eigenvalue weighted by molar-refractivity contribution is 0.234. The van der Waals surface area contributed by atoms with E-state index in [-0.39, 0.29) is 0 Å². The Hall–Kier alpha value is -1.57. The lowest BCUT2D eigenvalue weighted by Crippen LogP contribution is -2.34. The molecule has 1 aromatic carbocycles. The lowest BCUT2D eigenvalue weighted by Gasteiger charge is -2.27. The Morgan fingerprint density at radius 3 is 2.80 bits per heavy atom. The van der Waals surface area contributed by atoms with Crippen molar-refractivity contribution < 1.29 is 4.74 Å². The van der Waals surface area contributed by atoms with Gasteiger partial charge in [0.05, 0.1) is 12.7 Å². The fourth-order valence-electron chi connectivity index (χ4n) is 2.81. The van der Waals surface area contributed by atoms with Gasteiger partial charge in [0.15, 0.2) is 0 Å². The van der Waals surface area contributed by atoms with E-state index >= 15 is 0 Å². The van der Waals surface area contributed by atoms with Crippen LogP contribution in [0.15, 0.2) is 18.2 Å². The van der Waals surface area contributed by atoms with E-state index in [1.807, 2.05) is 18.2 Å². The summed E-state index contributed by atoms with van der Waals surface area (Å²) in [4.78, 5) is 2.36. The molecule has 1 heterocycles. The molecule has 0 saturated carbocycles. The van der Waals surface area contributed by atoms with Crippen LogP contribution in [0.1, 0.15) is 24.0 Å². The van der Waals surface area contributed by atoms with Crippen LogP contribution in [0.2, 0.25) is 0 Å². The van der Waals surface area contributed by atoms with E-state index in [0.717, 1.165) is 32.1 Å². The fraction of sp³-hybridized carbons (Fsp3) is 0.562. The second-order valence-electron chi connectivity index (χ2n) is 5.54. The summed E-state index contributed by atoms with van der Waals surface area (Å²) in [5.41, 5.74) is 1.79. The highest BCUT2D eigenvalue weighted by molar-refractivity contribution is 5.45. The maximum absolute atomic E-state index is 8.99. The summed E-state index contributed by atoms with van der Waals surface area (Å²) >= 11 is 0. The third-order valence-corrected chi connectivity index (χ3v) is 3.87. The van der Waals surface area contributed by atoms with E-state index in [4.69, 9.17) is 10.00 Å². The third-order valence-electron chi connectivity index (χ3n) is 3.87. The van der Waals surface area contributed by atoms with Crippen molar-refractivity contribution in [2.75, 3.05) is 33.8 Å². The Kier molecular flexibility index (Phi) is 5.40. The van der Waals surface area contributed by atoms with Crippen molar-refractivity contribution in [3.05, 3.63) is 29.3 Å². The highest BCUT2D eigenvalue weighted by Crippen LogP contribution is 2.21. The van der Waals surface area contributed by atoms with Gasteiger partial charge in [-0.25, -0.2) is 0 Å². The number of piperidine rings is 1. The predicted molar refractivity (Wildman–Crippen MR) is 79.6 cm³/mol. The minimum atomic E-state index is 0.595. The highest BCUT2D eigenvalue weighted by atomic mass is 16.5. The molecule has 0 bridgehead atoms. The number of nitriles is 1. The van der Waals surface area contributed by atoms with Crippen molar-refractivity contribution in [1.82, 2.24) is 10.2 Å². The minimum absolute atomic E-state index is 0.595. The van der Waals surface area contributed by atoms with Gasteiger partial charge in [-0.15, -0.1) is 0 Å². The molecule has 0 amide bonds. The zero-order valence-corrected chi connectivity index (χ0v) is 12.4. The van der Waals surface area contributed by atoms with Crippen LogP contribution in [0.3, 0.4) is 0 Å². The van der Waals surface area contributed by atoms with Crippen LogP contribution in [0.25, 0.3) is 0 Å². The molecule has 1 aliphatic heterocycles. The van der Waals surface area contributed by atoms with E-state index in [1.165, 1.54) is 18.4 Å². The first-order valence-corrected chi connectivity index (χ1v) is 7.19. The third kappa shape index (κ3) is 3.96. The largest absolute Gasteiger partial charge is 0.495 e. The summed E-state index contributed by atoms with van der Waals surface area (Å²) in [6.45, 7) is 4.31. The van der Waals surface area contributed by atoms with E-state index in [9.17, 15) is 0 Å². The van der Waals surface area contributed by atoms with E-state index in [0.29, 0.717) is 11.3 Å². The molecule has 0 unspecified atom stereocenters. The van der Waals surface area contributed by atoms with E-state index < -0.39 is 0 Å². The molecule has 4 heteroatoms. The van der Waals surface area contributed by atoms with Crippen molar-refractivity contribution in [2.45, 2.75) is 19.4 Å². The van der Waals surface area contributed by atoms with Crippen LogP contribution in [-0.2, 0) is 6.54 Å². The molecule has 2 rings (SSSR count). The van der Waals surface area contributed by atoms with Gasteiger partial charge in [0.25, 0.3) is 0 Å². The molecule has 1 fully saturated rings. The number of rotatable bonds is 5. The van der Waals surface area contributed by atoms with E-state index in [1.54, 1.807) is 7.11 Å². The smallest absolute Gasteiger partial charge is 0.136 e. The van der Waals surface area contributed by atoms with Gasteiger partial charge in [-0.05, 0) is 56.6 Å². The molecule has 4 nitrogen and oxygen atoms in total. The van der Waals surface area contributed by atoms with Crippen LogP contribution in [-0.4, -0.2) is 38.7 Å². The van der Waals surface area contributed by atoms with Crippen LogP contribution in [0.4, 0.5) is 0 Å². The Labute approximate surface area is 121 Å². The fourth-order valence-corrected chi connectivity index (χ4v) is 2.81. The quantitative estimate of drug-likeness (QED) is 0.891. The summed E-state index contributed by atoms with van der Waals surface area (Å²) < 4.78 is 5.26. The molecule has 0 aromatic heterocycles. The molecule has 108 valence electrons. The Morgan fingerprint density at radius 1 is 1.40 bits per heavy atom. The average molecular weight is 273 g/mol. The van der Waals surface area contributed by atoms with Gasteiger partial charge in [0, 0.05) is 13.1 Å². The Balaban J connectivity index is 1.93. The van der Waals surface area contributed by atoms with Crippen LogP contribution < -0.4 is 10.1 Å². The number of methoxy groups -OCH3 is 1. The zero-order valence-electron chi connectivity index (χ0n) is 12.4. The molecular weight excluding hydrogens is 250 g/mol. The van der Waals surface area contributed by atoms with E-state index in [2.05, 4.69) is 23.3 Å². The SMILES string of the molecule is COc1cc(CN(C)CC2CCNCC2)ccc1C#N. The topological polar surface area (TPSA) is 48.3 Å². The summed E-state index contributed by atoms with van der Waals surface area (Å²) in [6, 6.07) is 7.97. The van der Waals surface area contributed by atoms with Gasteiger partial charge in [-0.3, -0.25) is 0 Å². The number of ether oxygens (including phenoxy) is 1. The minimum Gasteiger partial charge on any atom is -0.495 e. The van der Waals surface area contributed by atoms with Gasteiger partial charge >= 0.3 is 0 Å².